The molecular formula is C18H25N3O. The van der Waals surface area contributed by atoms with E-state index in [9.17, 15) is 4.79 Å². The fraction of sp³-hybridized carbons (Fsp3) is 0.500. The molecule has 118 valence electrons. The molecule has 0 amide bonds. The zero-order valence-corrected chi connectivity index (χ0v) is 13.3. The lowest BCUT2D eigenvalue weighted by Gasteiger charge is -2.32. The molecule has 1 aliphatic rings. The number of aromatic amines is 1. The van der Waals surface area contributed by atoms with Crippen LogP contribution in [0.1, 0.15) is 30.5 Å². The van der Waals surface area contributed by atoms with E-state index in [1.165, 1.54) is 12.8 Å². The van der Waals surface area contributed by atoms with Gasteiger partial charge in [-0.05, 0) is 57.3 Å². The van der Waals surface area contributed by atoms with Gasteiger partial charge in [-0.2, -0.15) is 0 Å². The first kappa shape index (κ1) is 15.3. The molecule has 3 N–H and O–H groups in total. The molecule has 1 aromatic heterocycles. The second-order valence-electron chi connectivity index (χ2n) is 6.53. The van der Waals surface area contributed by atoms with Crippen molar-refractivity contribution in [2.75, 3.05) is 19.6 Å². The number of hydrogen-bond donors (Lipinski definition) is 2. The highest BCUT2D eigenvalue weighted by Crippen LogP contribution is 2.20. The Morgan fingerprint density at radius 1 is 1.36 bits per heavy atom. The van der Waals surface area contributed by atoms with Crippen molar-refractivity contribution in [2.45, 2.75) is 32.7 Å². The van der Waals surface area contributed by atoms with Crippen LogP contribution in [0.3, 0.4) is 0 Å². The molecule has 0 radical (unpaired) electrons. The summed E-state index contributed by atoms with van der Waals surface area (Å²) in [4.78, 5) is 18.2. The fourth-order valence-electron chi connectivity index (χ4n) is 3.51. The predicted molar refractivity (Wildman–Crippen MR) is 91.0 cm³/mol. The van der Waals surface area contributed by atoms with Crippen LogP contribution < -0.4 is 11.2 Å². The highest BCUT2D eigenvalue weighted by Gasteiger charge is 2.19. The molecule has 2 aromatic rings. The van der Waals surface area contributed by atoms with Crippen molar-refractivity contribution in [3.8, 4) is 0 Å². The van der Waals surface area contributed by atoms with Gasteiger partial charge in [0, 0.05) is 35.8 Å². The summed E-state index contributed by atoms with van der Waals surface area (Å²) in [6.45, 7) is 5.79. The molecule has 1 fully saturated rings. The number of benzene rings is 1. The van der Waals surface area contributed by atoms with Gasteiger partial charge in [-0.25, -0.2) is 0 Å². The molecule has 1 atom stereocenters. The molecule has 0 unspecified atom stereocenters. The number of nitrogens with zero attached hydrogens (tertiary/aromatic N) is 1. The molecule has 0 bridgehead atoms. The Morgan fingerprint density at radius 2 is 2.23 bits per heavy atom. The van der Waals surface area contributed by atoms with E-state index in [1.807, 2.05) is 25.1 Å². The quantitative estimate of drug-likeness (QED) is 0.911. The van der Waals surface area contributed by atoms with Crippen LogP contribution in [0.5, 0.6) is 0 Å². The number of nitrogens with one attached hydrogen (secondary N) is 1. The number of aromatic nitrogens is 1. The molecule has 4 heteroatoms. The summed E-state index contributed by atoms with van der Waals surface area (Å²) in [7, 11) is 0. The van der Waals surface area contributed by atoms with E-state index in [4.69, 9.17) is 5.73 Å². The second-order valence-corrected chi connectivity index (χ2v) is 6.53. The molecule has 2 heterocycles. The van der Waals surface area contributed by atoms with Gasteiger partial charge in [0.1, 0.15) is 0 Å². The third-order valence-electron chi connectivity index (χ3n) is 4.61. The van der Waals surface area contributed by atoms with Crippen molar-refractivity contribution in [3.05, 3.63) is 45.7 Å². The molecule has 0 aliphatic carbocycles. The number of aryl methyl sites for hydroxylation is 1. The summed E-state index contributed by atoms with van der Waals surface area (Å²) < 4.78 is 0. The summed E-state index contributed by atoms with van der Waals surface area (Å²) in [5, 5.41) is 0.781. The number of fused-ring (bicyclic) bond motifs is 1. The minimum absolute atomic E-state index is 0.114. The zero-order chi connectivity index (χ0) is 15.5. The molecular weight excluding hydrogens is 274 g/mol. The van der Waals surface area contributed by atoms with Gasteiger partial charge in [0.2, 0.25) is 0 Å². The summed E-state index contributed by atoms with van der Waals surface area (Å²) in [6, 6.07) is 7.76. The Hall–Kier alpha value is -1.65. The predicted octanol–water partition coefficient (Wildman–Crippen LogP) is 2.40. The number of rotatable bonds is 4. The van der Waals surface area contributed by atoms with Crippen molar-refractivity contribution < 1.29 is 0 Å². The Balaban J connectivity index is 1.79. The summed E-state index contributed by atoms with van der Waals surface area (Å²) in [5.74, 6) is 0.702. The molecule has 1 saturated heterocycles. The topological polar surface area (TPSA) is 62.1 Å². The van der Waals surface area contributed by atoms with Crippen molar-refractivity contribution in [2.24, 2.45) is 11.7 Å². The standard InChI is InChI=1S/C18H25N3O/c1-13-4-5-17-16(9-13)18(22)10-15(20-17)12-21-8-2-3-14(11-21)6-7-19/h4-5,9-10,14H,2-3,6-8,11-12,19H2,1H3,(H,20,22)/t14-/m0/s1. The third-order valence-corrected chi connectivity index (χ3v) is 4.61. The maximum atomic E-state index is 12.3. The number of H-pyrrole nitrogens is 1. The zero-order valence-electron chi connectivity index (χ0n) is 13.3. The molecule has 0 saturated carbocycles. The van der Waals surface area contributed by atoms with Crippen LogP contribution in [-0.4, -0.2) is 29.5 Å². The van der Waals surface area contributed by atoms with Gasteiger partial charge in [0.15, 0.2) is 5.43 Å². The highest BCUT2D eigenvalue weighted by atomic mass is 16.1. The van der Waals surface area contributed by atoms with Crippen LogP contribution in [0.4, 0.5) is 0 Å². The first-order valence-electron chi connectivity index (χ1n) is 8.20. The molecule has 0 spiro atoms. The average molecular weight is 299 g/mol. The largest absolute Gasteiger partial charge is 0.357 e. The van der Waals surface area contributed by atoms with Crippen LogP contribution in [0.15, 0.2) is 29.1 Å². The van der Waals surface area contributed by atoms with Crippen molar-refractivity contribution in [1.82, 2.24) is 9.88 Å². The van der Waals surface area contributed by atoms with Gasteiger partial charge in [-0.15, -0.1) is 0 Å². The normalized spacial score (nSPS) is 19.6. The van der Waals surface area contributed by atoms with Crippen LogP contribution in [0.25, 0.3) is 10.9 Å². The van der Waals surface area contributed by atoms with Crippen molar-refractivity contribution in [3.63, 3.8) is 0 Å². The van der Waals surface area contributed by atoms with Crippen LogP contribution in [-0.2, 0) is 6.54 Å². The number of likely N-dealkylation sites (tertiary alicyclic amines) is 1. The van der Waals surface area contributed by atoms with Crippen LogP contribution >= 0.6 is 0 Å². The van der Waals surface area contributed by atoms with Gasteiger partial charge in [0.05, 0.1) is 0 Å². The summed E-state index contributed by atoms with van der Waals surface area (Å²) >= 11 is 0. The van der Waals surface area contributed by atoms with Gasteiger partial charge in [-0.3, -0.25) is 9.69 Å². The maximum Gasteiger partial charge on any atom is 0.189 e. The number of pyridine rings is 1. The van der Waals surface area contributed by atoms with Gasteiger partial charge in [0.25, 0.3) is 0 Å². The minimum Gasteiger partial charge on any atom is -0.357 e. The number of piperidine rings is 1. The summed E-state index contributed by atoms with van der Waals surface area (Å²) in [5.41, 5.74) is 8.86. The molecule has 1 aliphatic heterocycles. The van der Waals surface area contributed by atoms with E-state index in [0.717, 1.165) is 54.8 Å². The van der Waals surface area contributed by atoms with Crippen molar-refractivity contribution >= 4 is 10.9 Å². The van der Waals surface area contributed by atoms with Crippen LogP contribution in [0.2, 0.25) is 0 Å². The second kappa shape index (κ2) is 6.63. The van der Waals surface area contributed by atoms with E-state index in [0.29, 0.717) is 5.92 Å². The van der Waals surface area contributed by atoms with E-state index < -0.39 is 0 Å². The Kier molecular flexibility index (Phi) is 4.60. The Morgan fingerprint density at radius 3 is 3.05 bits per heavy atom. The maximum absolute atomic E-state index is 12.3. The monoisotopic (exact) mass is 299 g/mol. The third kappa shape index (κ3) is 3.39. The first-order chi connectivity index (χ1) is 10.7. The van der Waals surface area contributed by atoms with Crippen LogP contribution in [0, 0.1) is 12.8 Å². The molecule has 1 aromatic carbocycles. The number of nitrogens with two attached hydrogens (primary N) is 1. The lowest BCUT2D eigenvalue weighted by atomic mass is 9.95. The summed E-state index contributed by atoms with van der Waals surface area (Å²) in [6.07, 6.45) is 3.60. The lowest BCUT2D eigenvalue weighted by molar-refractivity contribution is 0.161. The van der Waals surface area contributed by atoms with E-state index in [1.54, 1.807) is 6.07 Å². The van der Waals surface area contributed by atoms with Gasteiger partial charge in [-0.1, -0.05) is 11.6 Å². The molecule has 3 rings (SSSR count). The highest BCUT2D eigenvalue weighted by molar-refractivity contribution is 5.79. The molecule has 4 nitrogen and oxygen atoms in total. The lowest BCUT2D eigenvalue weighted by Crippen LogP contribution is -2.36. The Bertz CT molecular complexity index is 705. The SMILES string of the molecule is Cc1ccc2[nH]c(CN3CCC[C@@H](CCN)C3)cc(=O)c2c1. The molecule has 22 heavy (non-hydrogen) atoms. The fourth-order valence-corrected chi connectivity index (χ4v) is 3.51. The number of hydrogen-bond acceptors (Lipinski definition) is 3. The van der Waals surface area contributed by atoms with E-state index >= 15 is 0 Å². The van der Waals surface area contributed by atoms with E-state index in [-0.39, 0.29) is 5.43 Å². The smallest absolute Gasteiger partial charge is 0.189 e. The van der Waals surface area contributed by atoms with E-state index in [2.05, 4.69) is 9.88 Å². The Labute approximate surface area is 131 Å². The van der Waals surface area contributed by atoms with Gasteiger partial charge >= 0.3 is 0 Å². The van der Waals surface area contributed by atoms with Crippen molar-refractivity contribution in [1.29, 1.82) is 0 Å². The minimum atomic E-state index is 0.114. The first-order valence-corrected chi connectivity index (χ1v) is 8.20. The van der Waals surface area contributed by atoms with Gasteiger partial charge < -0.3 is 10.7 Å². The average Bonchev–Trinajstić information content (AvgIpc) is 2.49.